The number of aromatic hydroxyl groups is 1. The molecule has 1 unspecified atom stereocenters. The lowest BCUT2D eigenvalue weighted by Crippen LogP contribution is -2.57. The van der Waals surface area contributed by atoms with Gasteiger partial charge in [0.15, 0.2) is 11.6 Å². The van der Waals surface area contributed by atoms with E-state index in [0.29, 0.717) is 16.1 Å². The number of nitrogens with zero attached hydrogens (tertiary/aromatic N) is 3. The molecule has 0 saturated heterocycles. The monoisotopic (exact) mass is 556 g/mol. The predicted octanol–water partition coefficient (Wildman–Crippen LogP) is 6.32. The van der Waals surface area contributed by atoms with Gasteiger partial charge in [-0.25, -0.2) is 4.98 Å². The van der Waals surface area contributed by atoms with Crippen molar-refractivity contribution in [3.63, 3.8) is 0 Å². The first-order chi connectivity index (χ1) is 17.3. The van der Waals surface area contributed by atoms with Crippen molar-refractivity contribution in [3.05, 3.63) is 57.6 Å². The molecular weight excluding hydrogens is 532 g/mol. The molecule has 1 atom stereocenters. The molecule has 2 N–H and O–H groups in total. The van der Waals surface area contributed by atoms with Crippen LogP contribution in [0.15, 0.2) is 36.4 Å². The molecule has 0 spiro atoms. The third-order valence-corrected chi connectivity index (χ3v) is 6.57. The fourth-order valence-electron chi connectivity index (χ4n) is 3.76. The fraction of sp³-hybridized carbons (Fsp3) is 0.360. The van der Waals surface area contributed by atoms with Gasteiger partial charge in [-0.1, -0.05) is 50.0 Å². The average Bonchev–Trinajstić information content (AvgIpc) is 2.83. The maximum atomic E-state index is 13.5. The van der Waals surface area contributed by atoms with E-state index in [2.05, 4.69) is 25.0 Å². The van der Waals surface area contributed by atoms with Crippen molar-refractivity contribution in [2.75, 3.05) is 7.11 Å². The van der Waals surface area contributed by atoms with Crippen LogP contribution < -0.4 is 5.32 Å². The van der Waals surface area contributed by atoms with E-state index in [1.807, 2.05) is 19.9 Å². The van der Waals surface area contributed by atoms with Crippen LogP contribution in [0.5, 0.6) is 6.01 Å². The number of carbonyl (C=O) groups excluding carboxylic acids is 1. The second kappa shape index (κ2) is 11.2. The zero-order valence-electron chi connectivity index (χ0n) is 20.5. The Hall–Kier alpha value is -2.95. The molecule has 0 aliphatic carbocycles. The van der Waals surface area contributed by atoms with E-state index >= 15 is 0 Å². The van der Waals surface area contributed by atoms with Gasteiger partial charge >= 0.3 is 12.2 Å². The Morgan fingerprint density at radius 2 is 1.70 bits per heavy atom. The van der Waals surface area contributed by atoms with Crippen molar-refractivity contribution in [1.29, 1.82) is 0 Å². The Labute approximate surface area is 222 Å². The number of rotatable bonds is 8. The minimum absolute atomic E-state index is 0.0387. The van der Waals surface area contributed by atoms with Crippen LogP contribution in [-0.2, 0) is 16.1 Å². The average molecular weight is 557 g/mol. The van der Waals surface area contributed by atoms with E-state index in [4.69, 9.17) is 23.2 Å². The quantitative estimate of drug-likeness (QED) is 0.337. The van der Waals surface area contributed by atoms with E-state index in [-0.39, 0.29) is 34.7 Å². The maximum Gasteiger partial charge on any atom is 0.426 e. The molecule has 0 radical (unpaired) electrons. The molecule has 1 aromatic heterocycles. The van der Waals surface area contributed by atoms with Crippen molar-refractivity contribution in [2.45, 2.75) is 51.4 Å². The minimum Gasteiger partial charge on any atom is -0.479 e. The van der Waals surface area contributed by atoms with Crippen molar-refractivity contribution >= 4 is 29.1 Å². The van der Waals surface area contributed by atoms with Crippen molar-refractivity contribution in [1.82, 2.24) is 20.3 Å². The molecule has 12 heteroatoms. The largest absolute Gasteiger partial charge is 0.479 e. The van der Waals surface area contributed by atoms with Gasteiger partial charge in [-0.15, -0.1) is 0 Å². The molecule has 3 rings (SSSR count). The van der Waals surface area contributed by atoms with Crippen molar-refractivity contribution < 1.29 is 27.8 Å². The van der Waals surface area contributed by atoms with Gasteiger partial charge in [0.1, 0.15) is 0 Å². The predicted molar refractivity (Wildman–Crippen MR) is 134 cm³/mol. The highest BCUT2D eigenvalue weighted by Crippen LogP contribution is 2.36. The molecule has 7 nitrogen and oxygen atoms in total. The Bertz CT molecular complexity index is 1300. The summed E-state index contributed by atoms with van der Waals surface area (Å²) in [5, 5.41) is 13.3. The highest BCUT2D eigenvalue weighted by Gasteiger charge is 2.59. The van der Waals surface area contributed by atoms with Crippen LogP contribution in [0.3, 0.4) is 0 Å². The van der Waals surface area contributed by atoms with Gasteiger partial charge in [-0.2, -0.15) is 23.1 Å². The number of methoxy groups -OCH3 is 1. The molecular formula is C25H25Cl2F3N4O3. The Morgan fingerprint density at radius 1 is 1.05 bits per heavy atom. The van der Waals surface area contributed by atoms with E-state index < -0.39 is 30.1 Å². The van der Waals surface area contributed by atoms with Crippen molar-refractivity contribution in [2.24, 2.45) is 0 Å². The number of amides is 1. The highest BCUT2D eigenvalue weighted by molar-refractivity contribution is 6.33. The molecule has 0 aliphatic rings. The van der Waals surface area contributed by atoms with E-state index in [0.717, 1.165) is 12.7 Å². The molecule has 0 fully saturated rings. The summed E-state index contributed by atoms with van der Waals surface area (Å²) in [7, 11) is 0.840. The first-order valence-corrected chi connectivity index (χ1v) is 12.0. The normalized spacial score (nSPS) is 13.5. The fourth-order valence-corrected chi connectivity index (χ4v) is 4.30. The SMILES string of the molecule is CCC(OC)(C(=O)NCc1ccc(Cl)c(-c2nc(O)nc(-c3ccc(Cl)c(C(C)C)c3)n2)c1)C(F)(F)F. The lowest BCUT2D eigenvalue weighted by molar-refractivity contribution is -0.261. The number of halogens is 5. The highest BCUT2D eigenvalue weighted by atomic mass is 35.5. The number of aromatic nitrogens is 3. The molecule has 1 heterocycles. The number of nitrogens with one attached hydrogen (secondary N) is 1. The van der Waals surface area contributed by atoms with E-state index in [9.17, 15) is 23.1 Å². The first kappa shape index (κ1) is 28.6. The lowest BCUT2D eigenvalue weighted by Gasteiger charge is -2.31. The molecule has 37 heavy (non-hydrogen) atoms. The summed E-state index contributed by atoms with van der Waals surface area (Å²) in [4.78, 5) is 24.9. The zero-order chi connectivity index (χ0) is 27.5. The van der Waals surface area contributed by atoms with Crippen LogP contribution in [0.25, 0.3) is 22.8 Å². The van der Waals surface area contributed by atoms with Gasteiger partial charge in [0, 0.05) is 29.8 Å². The number of carbonyl (C=O) groups is 1. The third kappa shape index (κ3) is 5.97. The van der Waals surface area contributed by atoms with Gasteiger partial charge < -0.3 is 15.2 Å². The second-order valence-corrected chi connectivity index (χ2v) is 9.37. The number of hydrogen-bond acceptors (Lipinski definition) is 6. The molecule has 2 aromatic carbocycles. The van der Waals surface area contributed by atoms with Crippen LogP contribution in [-0.4, -0.2) is 44.9 Å². The molecule has 0 saturated carbocycles. The van der Waals surface area contributed by atoms with Gasteiger partial charge in [0.2, 0.25) is 5.60 Å². The summed E-state index contributed by atoms with van der Waals surface area (Å²) in [5.74, 6) is -0.971. The zero-order valence-corrected chi connectivity index (χ0v) is 22.0. The summed E-state index contributed by atoms with van der Waals surface area (Å²) in [6.45, 7) is 4.93. The lowest BCUT2D eigenvalue weighted by atomic mass is 9.98. The Balaban J connectivity index is 1.94. The number of alkyl halides is 3. The maximum absolute atomic E-state index is 13.5. The summed E-state index contributed by atoms with van der Waals surface area (Å²) in [6, 6.07) is 9.22. The van der Waals surface area contributed by atoms with Crippen molar-refractivity contribution in [3.8, 4) is 28.8 Å². The third-order valence-electron chi connectivity index (χ3n) is 5.90. The molecule has 0 aliphatic heterocycles. The van der Waals surface area contributed by atoms with E-state index in [1.54, 1.807) is 12.1 Å². The van der Waals surface area contributed by atoms with Crippen LogP contribution in [0.4, 0.5) is 13.2 Å². The standard InChI is InChI=1S/C25H25Cl2F3N4O3/c1-5-24(37-4,25(28,29)30)22(35)31-12-14-6-8-19(27)17(10-14)21-32-20(33-23(36)34-21)15-7-9-18(26)16(11-15)13(2)3/h6-11,13H,5,12H2,1-4H3,(H,31,35)(H,32,33,34,36). The number of ether oxygens (including phenoxy) is 1. The Morgan fingerprint density at radius 3 is 2.30 bits per heavy atom. The summed E-state index contributed by atoms with van der Waals surface area (Å²) >= 11 is 12.6. The molecule has 1 amide bonds. The number of benzene rings is 2. The molecule has 198 valence electrons. The smallest absolute Gasteiger partial charge is 0.426 e. The minimum atomic E-state index is -4.90. The topological polar surface area (TPSA) is 97.2 Å². The summed E-state index contributed by atoms with van der Waals surface area (Å²) < 4.78 is 45.2. The van der Waals surface area contributed by atoms with Crippen LogP contribution >= 0.6 is 23.2 Å². The number of hydrogen-bond donors (Lipinski definition) is 2. The van der Waals surface area contributed by atoms with E-state index in [1.165, 1.54) is 25.1 Å². The second-order valence-electron chi connectivity index (χ2n) is 8.55. The Kier molecular flexibility index (Phi) is 8.66. The van der Waals surface area contributed by atoms with Gasteiger partial charge in [0.25, 0.3) is 5.91 Å². The van der Waals surface area contributed by atoms with Gasteiger partial charge in [-0.3, -0.25) is 4.79 Å². The van der Waals surface area contributed by atoms with Gasteiger partial charge in [0.05, 0.1) is 5.02 Å². The summed E-state index contributed by atoms with van der Waals surface area (Å²) in [6.07, 6.45) is -5.50. The van der Waals surface area contributed by atoms with Crippen LogP contribution in [0.1, 0.15) is 44.2 Å². The summed E-state index contributed by atoms with van der Waals surface area (Å²) in [5.41, 5.74) is -0.797. The van der Waals surface area contributed by atoms with Crippen LogP contribution in [0, 0.1) is 0 Å². The van der Waals surface area contributed by atoms with Crippen LogP contribution in [0.2, 0.25) is 10.0 Å². The van der Waals surface area contributed by atoms with Gasteiger partial charge in [-0.05, 0) is 53.8 Å². The molecule has 3 aromatic rings. The molecule has 0 bridgehead atoms. The first-order valence-electron chi connectivity index (χ1n) is 11.3.